The van der Waals surface area contributed by atoms with Gasteiger partial charge in [-0.25, -0.2) is 9.97 Å². The number of carbonyl (C=O) groups excluding carboxylic acids is 1. The average molecular weight is 668 g/mol. The molecule has 2 saturated heterocycles. The van der Waals surface area contributed by atoms with Crippen molar-refractivity contribution in [2.24, 2.45) is 5.92 Å². The number of furan rings is 1. The molecule has 6 rings (SSSR count). The number of piperidine rings is 1. The maximum absolute atomic E-state index is 13.0. The molecule has 2 N–H and O–H groups in total. The van der Waals surface area contributed by atoms with Gasteiger partial charge in [-0.3, -0.25) is 14.4 Å². The van der Waals surface area contributed by atoms with Gasteiger partial charge in [0.15, 0.2) is 11.4 Å². The summed E-state index contributed by atoms with van der Waals surface area (Å²) in [5.41, 5.74) is 2.71. The molecule has 0 spiro atoms. The molecule has 2 aliphatic heterocycles. The van der Waals surface area contributed by atoms with Gasteiger partial charge in [-0.15, -0.1) is 0 Å². The van der Waals surface area contributed by atoms with Crippen LogP contribution in [0.2, 0.25) is 5.02 Å². The van der Waals surface area contributed by atoms with Gasteiger partial charge in [-0.1, -0.05) is 51.4 Å². The van der Waals surface area contributed by atoms with Crippen molar-refractivity contribution in [2.45, 2.75) is 71.6 Å². The van der Waals surface area contributed by atoms with Gasteiger partial charge < -0.3 is 29.0 Å². The van der Waals surface area contributed by atoms with Crippen molar-refractivity contribution in [1.82, 2.24) is 19.9 Å². The van der Waals surface area contributed by atoms with E-state index in [9.17, 15) is 9.59 Å². The van der Waals surface area contributed by atoms with Gasteiger partial charge in [0.1, 0.15) is 16.9 Å². The lowest BCUT2D eigenvalue weighted by atomic mass is 9.68. The Bertz CT molecular complexity index is 1700. The molecular weight excluding hydrogens is 622 g/mol. The first kappa shape index (κ1) is 35.9. The summed E-state index contributed by atoms with van der Waals surface area (Å²) in [6.07, 6.45) is 6.33. The van der Waals surface area contributed by atoms with E-state index in [4.69, 9.17) is 40.6 Å². The van der Waals surface area contributed by atoms with E-state index in [2.05, 4.69) is 23.7 Å². The number of ether oxygens (including phenoxy) is 1. The third kappa shape index (κ3) is 8.31. The van der Waals surface area contributed by atoms with E-state index in [1.54, 1.807) is 6.07 Å². The summed E-state index contributed by atoms with van der Waals surface area (Å²) in [7, 11) is 0. The molecule has 12 heteroatoms. The lowest BCUT2D eigenvalue weighted by Gasteiger charge is -2.44. The summed E-state index contributed by atoms with van der Waals surface area (Å²) in [4.78, 5) is 50.5. The Morgan fingerprint density at radius 1 is 1.19 bits per heavy atom. The number of hydrogen-bond acceptors (Lipinski definition) is 8. The summed E-state index contributed by atoms with van der Waals surface area (Å²) in [6, 6.07) is 9.77. The van der Waals surface area contributed by atoms with Crippen LogP contribution in [0.25, 0.3) is 22.1 Å². The molecule has 11 nitrogen and oxygen atoms in total. The summed E-state index contributed by atoms with van der Waals surface area (Å²) < 4.78 is 12.0. The number of carbonyl (C=O) groups is 2. The Balaban J connectivity index is 0.000000947. The van der Waals surface area contributed by atoms with Crippen LogP contribution in [0, 0.1) is 5.92 Å². The van der Waals surface area contributed by atoms with Crippen LogP contribution < -0.4 is 10.5 Å². The van der Waals surface area contributed by atoms with Crippen molar-refractivity contribution < 1.29 is 23.8 Å². The lowest BCUT2D eigenvalue weighted by molar-refractivity contribution is -0.135. The molecule has 2 aliphatic rings. The number of rotatable bonds is 9. The summed E-state index contributed by atoms with van der Waals surface area (Å²) in [5, 5.41) is 8.42. The van der Waals surface area contributed by atoms with Gasteiger partial charge >= 0.3 is 0 Å². The van der Waals surface area contributed by atoms with Crippen molar-refractivity contribution >= 4 is 51.9 Å². The van der Waals surface area contributed by atoms with Crippen molar-refractivity contribution in [3.8, 4) is 0 Å². The van der Waals surface area contributed by atoms with Gasteiger partial charge in [0.25, 0.3) is 12.0 Å². The Hall–Kier alpha value is -3.96. The number of carboxylic acid groups (broad SMARTS) is 1. The van der Waals surface area contributed by atoms with Crippen molar-refractivity contribution in [1.29, 1.82) is 0 Å². The van der Waals surface area contributed by atoms with Gasteiger partial charge in [0.2, 0.25) is 5.91 Å². The molecule has 1 amide bonds. The second-order valence-electron chi connectivity index (χ2n) is 12.0. The first-order valence-electron chi connectivity index (χ1n) is 16.5. The predicted octanol–water partition coefficient (Wildman–Crippen LogP) is 6.21. The van der Waals surface area contributed by atoms with Crippen LogP contribution in [0.15, 0.2) is 45.7 Å². The maximum Gasteiger partial charge on any atom is 0.290 e. The second kappa shape index (κ2) is 16.7. The van der Waals surface area contributed by atoms with E-state index in [0.717, 1.165) is 66.1 Å². The number of aromatic nitrogens is 3. The van der Waals surface area contributed by atoms with Crippen LogP contribution in [0.4, 0.5) is 5.82 Å². The van der Waals surface area contributed by atoms with Crippen LogP contribution >= 0.6 is 11.6 Å². The molecule has 1 aromatic carbocycles. The number of benzene rings is 1. The van der Waals surface area contributed by atoms with Crippen LogP contribution in [0.1, 0.15) is 71.2 Å². The van der Waals surface area contributed by atoms with Crippen LogP contribution in [0.5, 0.6) is 0 Å². The Morgan fingerprint density at radius 2 is 1.91 bits per heavy atom. The number of pyridine rings is 1. The summed E-state index contributed by atoms with van der Waals surface area (Å²) in [6.45, 7) is 12.0. The Morgan fingerprint density at radius 3 is 2.64 bits per heavy atom. The number of aromatic amines is 1. The van der Waals surface area contributed by atoms with Gasteiger partial charge in [-0.05, 0) is 49.8 Å². The summed E-state index contributed by atoms with van der Waals surface area (Å²) in [5.74, 6) is 1.88. The first-order chi connectivity index (χ1) is 22.7. The molecule has 47 heavy (non-hydrogen) atoms. The molecule has 5 heterocycles. The zero-order valence-corrected chi connectivity index (χ0v) is 28.5. The molecule has 0 radical (unpaired) electrons. The number of hydrogen-bond donors (Lipinski definition) is 2. The molecule has 0 bridgehead atoms. The largest absolute Gasteiger partial charge is 0.483 e. The third-order valence-electron chi connectivity index (χ3n) is 9.12. The number of nitrogens with one attached hydrogen (secondary N) is 1. The van der Waals surface area contributed by atoms with E-state index < -0.39 is 0 Å². The van der Waals surface area contributed by atoms with E-state index in [-0.39, 0.29) is 29.3 Å². The SMILES string of the molecule is CC.CC1CN(C(=O)CCOCCCc2nc(N3CCCC3)c3oc4ccccc4c3n2)CCC1(C)c1cc(Cl)c[nH]c1=O.O=CO. The number of anilines is 1. The topological polar surface area (TPSA) is 142 Å². The fourth-order valence-electron chi connectivity index (χ4n) is 6.37. The first-order valence-corrected chi connectivity index (χ1v) is 16.9. The summed E-state index contributed by atoms with van der Waals surface area (Å²) >= 11 is 6.16. The molecule has 2 atom stereocenters. The van der Waals surface area contributed by atoms with Crippen LogP contribution in [0.3, 0.4) is 0 Å². The number of para-hydroxylation sites is 1. The minimum absolute atomic E-state index is 0.0831. The standard InChI is InChI=1S/C32H38ClN5O4.C2H6.CH2O2/c1-21-20-38(15-12-32(21,2)24-18-22(33)19-34-31(24)40)27(39)11-17-41-16-7-10-26-35-28-23-8-3-4-9-25(23)42-29(28)30(36-26)37-13-5-6-14-37;1-2;2-1-3/h3-4,8-9,18-19,21H,5-7,10-17,20H2,1-2H3,(H,34,40);1-2H3;1H,(H,2,3). The second-order valence-corrected chi connectivity index (χ2v) is 12.4. The molecule has 3 aromatic heterocycles. The molecular formula is C35H46ClN5O6. The fourth-order valence-corrected chi connectivity index (χ4v) is 6.54. The number of halogens is 1. The van der Waals surface area contributed by atoms with Crippen molar-refractivity contribution in [3.63, 3.8) is 0 Å². The average Bonchev–Trinajstić information content (AvgIpc) is 3.75. The minimum Gasteiger partial charge on any atom is -0.483 e. The molecule has 0 aliphatic carbocycles. The van der Waals surface area contributed by atoms with Crippen LogP contribution in [-0.4, -0.2) is 76.7 Å². The van der Waals surface area contributed by atoms with E-state index >= 15 is 0 Å². The third-order valence-corrected chi connectivity index (χ3v) is 9.34. The molecule has 0 saturated carbocycles. The quantitative estimate of drug-likeness (QED) is 0.157. The number of nitrogens with zero attached hydrogens (tertiary/aromatic N) is 4. The van der Waals surface area contributed by atoms with Gasteiger partial charge in [-0.2, -0.15) is 0 Å². The van der Waals surface area contributed by atoms with Crippen molar-refractivity contribution in [2.75, 3.05) is 44.3 Å². The van der Waals surface area contributed by atoms with Crippen molar-refractivity contribution in [3.05, 3.63) is 63.3 Å². The number of fused-ring (bicyclic) bond motifs is 3. The highest BCUT2D eigenvalue weighted by atomic mass is 35.5. The Labute approximate surface area is 280 Å². The highest BCUT2D eigenvalue weighted by Crippen LogP contribution is 2.39. The van der Waals surface area contributed by atoms with E-state index in [1.807, 2.05) is 43.0 Å². The van der Waals surface area contributed by atoms with Gasteiger partial charge in [0.05, 0.1) is 18.1 Å². The van der Waals surface area contributed by atoms with Gasteiger partial charge in [0, 0.05) is 61.8 Å². The highest BCUT2D eigenvalue weighted by molar-refractivity contribution is 6.30. The predicted molar refractivity (Wildman–Crippen MR) is 184 cm³/mol. The zero-order chi connectivity index (χ0) is 34.0. The minimum atomic E-state index is -0.339. The lowest BCUT2D eigenvalue weighted by Crippen LogP contribution is -2.51. The Kier molecular flexibility index (Phi) is 12.8. The van der Waals surface area contributed by atoms with E-state index in [0.29, 0.717) is 56.2 Å². The molecule has 254 valence electrons. The normalized spacial score (nSPS) is 19.2. The smallest absolute Gasteiger partial charge is 0.290 e. The van der Waals surface area contributed by atoms with Crippen LogP contribution in [-0.2, 0) is 26.2 Å². The molecule has 2 fully saturated rings. The molecule has 4 aromatic rings. The van der Waals surface area contributed by atoms with E-state index in [1.165, 1.54) is 6.20 Å². The number of likely N-dealkylation sites (tertiary alicyclic amines) is 1. The fraction of sp³-hybridized carbons (Fsp3) is 0.514. The monoisotopic (exact) mass is 667 g/mol. The highest BCUT2D eigenvalue weighted by Gasteiger charge is 2.40. The maximum atomic E-state index is 13.0. The molecule has 2 unspecified atom stereocenters. The number of amides is 1. The number of aryl methyl sites for hydroxylation is 1. The zero-order valence-electron chi connectivity index (χ0n) is 27.8. The number of H-pyrrole nitrogens is 1.